The third-order valence-electron chi connectivity index (χ3n) is 2.99. The van der Waals surface area contributed by atoms with Gasteiger partial charge >= 0.3 is 0 Å². The van der Waals surface area contributed by atoms with E-state index in [0.717, 1.165) is 10.0 Å². The van der Waals surface area contributed by atoms with Gasteiger partial charge in [-0.05, 0) is 45.8 Å². The lowest BCUT2D eigenvalue weighted by atomic mass is 10.0. The molecule has 1 aromatic heterocycles. The van der Waals surface area contributed by atoms with Crippen molar-refractivity contribution in [2.75, 3.05) is 14.2 Å². The van der Waals surface area contributed by atoms with Crippen molar-refractivity contribution in [2.45, 2.75) is 12.5 Å². The van der Waals surface area contributed by atoms with Crippen LogP contribution in [0.25, 0.3) is 0 Å². The fraction of sp³-hybridized carbons (Fsp3) is 0.267. The molecule has 1 N–H and O–H groups in total. The molecule has 2 rings (SSSR count). The van der Waals surface area contributed by atoms with Crippen molar-refractivity contribution in [3.05, 3.63) is 52.3 Å². The number of hydrogen-bond acceptors (Lipinski definition) is 4. The molecule has 1 unspecified atom stereocenters. The van der Waals surface area contributed by atoms with Gasteiger partial charge in [0.15, 0.2) is 0 Å². The number of aliphatic hydroxyl groups is 1. The van der Waals surface area contributed by atoms with Gasteiger partial charge in [-0.3, -0.25) is 4.98 Å². The van der Waals surface area contributed by atoms with Crippen molar-refractivity contribution >= 4 is 15.9 Å². The van der Waals surface area contributed by atoms with Gasteiger partial charge < -0.3 is 14.6 Å². The highest BCUT2D eigenvalue weighted by Gasteiger charge is 2.15. The summed E-state index contributed by atoms with van der Waals surface area (Å²) in [5.74, 6) is 1.33. The van der Waals surface area contributed by atoms with E-state index < -0.39 is 6.10 Å². The summed E-state index contributed by atoms with van der Waals surface area (Å²) in [4.78, 5) is 4.09. The molecule has 0 aliphatic carbocycles. The molecular weight excluding hydrogens is 322 g/mol. The molecule has 20 heavy (non-hydrogen) atoms. The van der Waals surface area contributed by atoms with Crippen LogP contribution < -0.4 is 9.47 Å². The van der Waals surface area contributed by atoms with E-state index in [-0.39, 0.29) is 0 Å². The Morgan fingerprint density at radius 1 is 1.20 bits per heavy atom. The van der Waals surface area contributed by atoms with Gasteiger partial charge in [0.25, 0.3) is 0 Å². The van der Waals surface area contributed by atoms with Crippen molar-refractivity contribution in [3.8, 4) is 11.5 Å². The number of aromatic nitrogens is 1. The standard InChI is InChI=1S/C15H16BrNO3/c1-19-12-3-4-15(20-2)13(7-12)14(18)6-10-5-11(16)9-17-8-10/h3-5,7-9,14,18H,6H2,1-2H3. The summed E-state index contributed by atoms with van der Waals surface area (Å²) in [5, 5.41) is 10.4. The number of nitrogens with zero attached hydrogens (tertiary/aromatic N) is 1. The Morgan fingerprint density at radius 3 is 2.65 bits per heavy atom. The van der Waals surface area contributed by atoms with E-state index in [1.807, 2.05) is 6.07 Å². The van der Waals surface area contributed by atoms with E-state index in [2.05, 4.69) is 20.9 Å². The number of hydrogen-bond donors (Lipinski definition) is 1. The van der Waals surface area contributed by atoms with Gasteiger partial charge in [0.2, 0.25) is 0 Å². The SMILES string of the molecule is COc1ccc(OC)c(C(O)Cc2cncc(Br)c2)c1. The van der Waals surface area contributed by atoms with Crippen LogP contribution in [0.2, 0.25) is 0 Å². The van der Waals surface area contributed by atoms with Gasteiger partial charge in [0, 0.05) is 28.9 Å². The largest absolute Gasteiger partial charge is 0.497 e. The Kier molecular flexibility index (Phi) is 4.98. The predicted octanol–water partition coefficient (Wildman–Crippen LogP) is 3.14. The Morgan fingerprint density at radius 2 is 2.00 bits per heavy atom. The molecule has 2 aromatic rings. The molecule has 5 heteroatoms. The van der Waals surface area contributed by atoms with Crippen LogP contribution in [-0.4, -0.2) is 24.3 Å². The highest BCUT2D eigenvalue weighted by Crippen LogP contribution is 2.31. The minimum atomic E-state index is -0.684. The lowest BCUT2D eigenvalue weighted by molar-refractivity contribution is 0.173. The van der Waals surface area contributed by atoms with E-state index in [9.17, 15) is 5.11 Å². The van der Waals surface area contributed by atoms with Crippen LogP contribution in [-0.2, 0) is 6.42 Å². The Hall–Kier alpha value is -1.59. The molecule has 1 aromatic carbocycles. The summed E-state index contributed by atoms with van der Waals surface area (Å²) >= 11 is 3.37. The third-order valence-corrected chi connectivity index (χ3v) is 3.42. The normalized spacial score (nSPS) is 12.0. The minimum Gasteiger partial charge on any atom is -0.497 e. The maximum absolute atomic E-state index is 10.4. The smallest absolute Gasteiger partial charge is 0.124 e. The molecule has 0 spiro atoms. The maximum atomic E-state index is 10.4. The van der Waals surface area contributed by atoms with Crippen LogP contribution in [0, 0.1) is 0 Å². The average Bonchev–Trinajstić information content (AvgIpc) is 2.46. The van der Waals surface area contributed by atoms with Gasteiger partial charge in [-0.25, -0.2) is 0 Å². The zero-order valence-corrected chi connectivity index (χ0v) is 12.9. The topological polar surface area (TPSA) is 51.6 Å². The lowest BCUT2D eigenvalue weighted by Crippen LogP contribution is -2.05. The molecule has 0 fully saturated rings. The summed E-state index contributed by atoms with van der Waals surface area (Å²) in [5.41, 5.74) is 1.64. The molecule has 4 nitrogen and oxygen atoms in total. The second kappa shape index (κ2) is 6.72. The summed E-state index contributed by atoms with van der Waals surface area (Å²) in [6, 6.07) is 7.31. The second-order valence-electron chi connectivity index (χ2n) is 4.34. The summed E-state index contributed by atoms with van der Waals surface area (Å²) < 4.78 is 11.4. The first-order valence-corrected chi connectivity index (χ1v) is 6.92. The van der Waals surface area contributed by atoms with Crippen molar-refractivity contribution in [1.29, 1.82) is 0 Å². The molecule has 1 atom stereocenters. The summed E-state index contributed by atoms with van der Waals surface area (Å²) in [6.45, 7) is 0. The maximum Gasteiger partial charge on any atom is 0.124 e. The van der Waals surface area contributed by atoms with Gasteiger partial charge in [0.1, 0.15) is 11.5 Å². The fourth-order valence-electron chi connectivity index (χ4n) is 2.00. The second-order valence-corrected chi connectivity index (χ2v) is 5.25. The Labute approximate surface area is 126 Å². The van der Waals surface area contributed by atoms with Crippen molar-refractivity contribution < 1.29 is 14.6 Å². The molecule has 106 valence electrons. The fourth-order valence-corrected chi connectivity index (χ4v) is 2.41. The van der Waals surface area contributed by atoms with Crippen LogP contribution in [0.1, 0.15) is 17.2 Å². The Bertz CT molecular complexity index is 589. The first kappa shape index (κ1) is 14.8. The van der Waals surface area contributed by atoms with Crippen molar-refractivity contribution in [2.24, 2.45) is 0 Å². The van der Waals surface area contributed by atoms with E-state index in [4.69, 9.17) is 9.47 Å². The number of halogens is 1. The number of ether oxygens (including phenoxy) is 2. The number of aliphatic hydroxyl groups excluding tert-OH is 1. The van der Waals surface area contributed by atoms with Gasteiger partial charge in [-0.15, -0.1) is 0 Å². The zero-order valence-electron chi connectivity index (χ0n) is 11.3. The number of pyridine rings is 1. The molecule has 0 bridgehead atoms. The number of rotatable bonds is 5. The number of methoxy groups -OCH3 is 2. The first-order valence-electron chi connectivity index (χ1n) is 6.13. The number of benzene rings is 1. The Balaban J connectivity index is 2.25. The van der Waals surface area contributed by atoms with Crippen LogP contribution in [0.3, 0.4) is 0 Å². The van der Waals surface area contributed by atoms with E-state index in [0.29, 0.717) is 23.5 Å². The molecule has 0 aliphatic rings. The monoisotopic (exact) mass is 337 g/mol. The van der Waals surface area contributed by atoms with Crippen LogP contribution in [0.15, 0.2) is 41.1 Å². The minimum absolute atomic E-state index is 0.454. The molecule has 1 heterocycles. The van der Waals surface area contributed by atoms with Crippen LogP contribution >= 0.6 is 15.9 Å². The van der Waals surface area contributed by atoms with Gasteiger partial charge in [-0.2, -0.15) is 0 Å². The molecule has 0 radical (unpaired) electrons. The lowest BCUT2D eigenvalue weighted by Gasteiger charge is -2.16. The highest BCUT2D eigenvalue weighted by atomic mass is 79.9. The van der Waals surface area contributed by atoms with E-state index in [1.54, 1.807) is 44.8 Å². The van der Waals surface area contributed by atoms with Crippen molar-refractivity contribution in [3.63, 3.8) is 0 Å². The molecular formula is C15H16BrNO3. The first-order chi connectivity index (χ1) is 9.63. The van der Waals surface area contributed by atoms with Gasteiger partial charge in [-0.1, -0.05) is 0 Å². The average molecular weight is 338 g/mol. The molecule has 0 aliphatic heterocycles. The third kappa shape index (κ3) is 3.49. The quantitative estimate of drug-likeness (QED) is 0.910. The molecule has 0 saturated carbocycles. The summed E-state index contributed by atoms with van der Waals surface area (Å²) in [6.07, 6.45) is 3.22. The van der Waals surface area contributed by atoms with E-state index >= 15 is 0 Å². The van der Waals surface area contributed by atoms with Crippen LogP contribution in [0.5, 0.6) is 11.5 Å². The zero-order chi connectivity index (χ0) is 14.5. The van der Waals surface area contributed by atoms with Crippen LogP contribution in [0.4, 0.5) is 0 Å². The van der Waals surface area contributed by atoms with E-state index in [1.165, 1.54) is 0 Å². The van der Waals surface area contributed by atoms with Gasteiger partial charge in [0.05, 0.1) is 20.3 Å². The highest BCUT2D eigenvalue weighted by molar-refractivity contribution is 9.10. The molecule has 0 saturated heterocycles. The van der Waals surface area contributed by atoms with Crippen molar-refractivity contribution in [1.82, 2.24) is 4.98 Å². The molecule has 0 amide bonds. The summed E-state index contributed by atoms with van der Waals surface area (Å²) in [7, 11) is 3.18. The predicted molar refractivity (Wildman–Crippen MR) is 80.1 cm³/mol.